The second-order valence-electron chi connectivity index (χ2n) is 3.72. The normalized spacial score (nSPS) is 9.47. The first-order valence-electron chi connectivity index (χ1n) is 5.09. The number of rotatable bonds is 2. The van der Waals surface area contributed by atoms with Crippen molar-refractivity contribution >= 4 is 0 Å². The van der Waals surface area contributed by atoms with Crippen molar-refractivity contribution in [1.82, 2.24) is 0 Å². The monoisotopic (exact) mass is 316 g/mol. The molecule has 2 rings (SSSR count). The molecule has 17 heavy (non-hydrogen) atoms. The molecule has 0 saturated carbocycles. The van der Waals surface area contributed by atoms with Crippen molar-refractivity contribution in [2.24, 2.45) is 0 Å². The summed E-state index contributed by atoms with van der Waals surface area (Å²) >= 11 is 0. The van der Waals surface area contributed by atoms with Gasteiger partial charge in [-0.05, 0) is 0 Å². The SMILES string of the molecule is C[C-](c1ccc(O)cc1)c1ccc(O)cc1.[Rh]. The molecule has 0 bridgehead atoms. The maximum Gasteiger partial charge on any atom is 0.100 e. The van der Waals surface area contributed by atoms with Gasteiger partial charge < -0.3 is 10.2 Å². The van der Waals surface area contributed by atoms with Gasteiger partial charge in [0.2, 0.25) is 0 Å². The third kappa shape index (κ3) is 3.24. The van der Waals surface area contributed by atoms with E-state index in [2.05, 4.69) is 0 Å². The van der Waals surface area contributed by atoms with E-state index < -0.39 is 0 Å². The van der Waals surface area contributed by atoms with Crippen molar-refractivity contribution in [3.8, 4) is 11.5 Å². The summed E-state index contributed by atoms with van der Waals surface area (Å²) in [7, 11) is 0. The first-order valence-corrected chi connectivity index (χ1v) is 5.09. The van der Waals surface area contributed by atoms with Gasteiger partial charge in [-0.15, -0.1) is 41.3 Å². The minimum Gasteiger partial charge on any atom is -0.509 e. The average Bonchev–Trinajstić information content (AvgIpc) is 2.30. The average molecular weight is 316 g/mol. The molecular weight excluding hydrogens is 303 g/mol. The predicted molar refractivity (Wildman–Crippen MR) is 63.3 cm³/mol. The number of hydrogen-bond acceptors (Lipinski definition) is 2. The summed E-state index contributed by atoms with van der Waals surface area (Å²) in [5, 5.41) is 18.4. The van der Waals surface area contributed by atoms with E-state index in [-0.39, 0.29) is 31.0 Å². The molecule has 2 aromatic carbocycles. The maximum absolute atomic E-state index is 9.20. The Kier molecular flexibility index (Phi) is 4.59. The van der Waals surface area contributed by atoms with Gasteiger partial charge >= 0.3 is 0 Å². The van der Waals surface area contributed by atoms with Crippen LogP contribution in [0.15, 0.2) is 48.5 Å². The number of hydrogen-bond donors (Lipinski definition) is 2. The number of phenolic OH excluding ortho intramolecular Hbond substituents is 2. The van der Waals surface area contributed by atoms with Gasteiger partial charge in [0.25, 0.3) is 0 Å². The zero-order valence-electron chi connectivity index (χ0n) is 9.35. The third-order valence-corrected chi connectivity index (χ3v) is 2.60. The Labute approximate surface area is 114 Å². The molecule has 0 aliphatic heterocycles. The van der Waals surface area contributed by atoms with Crippen LogP contribution in [0.2, 0.25) is 0 Å². The van der Waals surface area contributed by atoms with Gasteiger partial charge in [0.15, 0.2) is 0 Å². The molecule has 0 heterocycles. The first-order chi connectivity index (χ1) is 7.66. The maximum atomic E-state index is 9.20. The third-order valence-electron chi connectivity index (χ3n) is 2.60. The molecule has 0 unspecified atom stereocenters. The summed E-state index contributed by atoms with van der Waals surface area (Å²) in [5.74, 6) is 1.64. The standard InChI is InChI=1S/C14H13O2.Rh/c1-10(11-2-6-13(15)7-3-11)12-4-8-14(16)9-5-12;/h2-9,15-16H,1H3;/q-1;. The number of benzene rings is 2. The first kappa shape index (κ1) is 13.6. The zero-order valence-corrected chi connectivity index (χ0v) is 11.0. The Bertz CT molecular complexity index is 417. The Hall–Kier alpha value is -1.47. The van der Waals surface area contributed by atoms with Gasteiger partial charge in [0, 0.05) is 19.5 Å². The number of aromatic hydroxyl groups is 2. The molecule has 0 aliphatic carbocycles. The van der Waals surface area contributed by atoms with Crippen LogP contribution < -0.4 is 0 Å². The summed E-state index contributed by atoms with van der Waals surface area (Å²) in [6.45, 7) is 2.01. The summed E-state index contributed by atoms with van der Waals surface area (Å²) in [5.41, 5.74) is 2.12. The predicted octanol–water partition coefficient (Wildman–Crippen LogP) is 3.09. The number of phenols is 2. The van der Waals surface area contributed by atoms with E-state index in [1.54, 1.807) is 24.3 Å². The van der Waals surface area contributed by atoms with Crippen molar-refractivity contribution in [2.45, 2.75) is 6.92 Å². The van der Waals surface area contributed by atoms with Crippen molar-refractivity contribution < 1.29 is 29.7 Å². The smallest absolute Gasteiger partial charge is 0.100 e. The van der Waals surface area contributed by atoms with Crippen LogP contribution in [0.25, 0.3) is 0 Å². The minimum atomic E-state index is 0. The van der Waals surface area contributed by atoms with Crippen LogP contribution in [0.4, 0.5) is 0 Å². The van der Waals surface area contributed by atoms with E-state index in [4.69, 9.17) is 0 Å². The van der Waals surface area contributed by atoms with Gasteiger partial charge in [-0.2, -0.15) is 0 Å². The van der Waals surface area contributed by atoms with Gasteiger partial charge in [-0.1, -0.05) is 31.2 Å². The van der Waals surface area contributed by atoms with Gasteiger partial charge in [-0.3, -0.25) is 0 Å². The summed E-state index contributed by atoms with van der Waals surface area (Å²) in [4.78, 5) is 0. The summed E-state index contributed by atoms with van der Waals surface area (Å²) < 4.78 is 0. The summed E-state index contributed by atoms with van der Waals surface area (Å²) in [6, 6.07) is 14.2. The Morgan fingerprint density at radius 3 is 1.29 bits per heavy atom. The molecular formula is C14H13O2Rh-. The molecule has 2 N–H and O–H groups in total. The fourth-order valence-electron chi connectivity index (χ4n) is 1.59. The van der Waals surface area contributed by atoms with Crippen LogP contribution in [0.3, 0.4) is 0 Å². The van der Waals surface area contributed by atoms with Gasteiger partial charge in [-0.25, -0.2) is 0 Å². The van der Waals surface area contributed by atoms with Crippen molar-refractivity contribution in [3.05, 3.63) is 65.6 Å². The van der Waals surface area contributed by atoms with E-state index >= 15 is 0 Å². The molecule has 91 valence electrons. The van der Waals surface area contributed by atoms with Crippen LogP contribution in [-0.2, 0) is 19.5 Å². The van der Waals surface area contributed by atoms with Crippen molar-refractivity contribution in [1.29, 1.82) is 0 Å². The molecule has 0 amide bonds. The molecule has 0 spiro atoms. The Balaban J connectivity index is 0.00000144. The second-order valence-corrected chi connectivity index (χ2v) is 3.72. The van der Waals surface area contributed by atoms with Gasteiger partial charge in [0.05, 0.1) is 0 Å². The van der Waals surface area contributed by atoms with Crippen molar-refractivity contribution in [2.75, 3.05) is 0 Å². The molecule has 0 aromatic heterocycles. The van der Waals surface area contributed by atoms with Crippen LogP contribution in [-0.4, -0.2) is 10.2 Å². The topological polar surface area (TPSA) is 40.5 Å². The largest absolute Gasteiger partial charge is 0.509 e. The van der Waals surface area contributed by atoms with Crippen LogP contribution in [0.1, 0.15) is 18.1 Å². The van der Waals surface area contributed by atoms with Crippen LogP contribution >= 0.6 is 0 Å². The molecule has 2 aromatic rings. The van der Waals surface area contributed by atoms with Crippen LogP contribution in [0, 0.1) is 5.92 Å². The molecule has 2 nitrogen and oxygen atoms in total. The Morgan fingerprint density at radius 1 is 0.706 bits per heavy atom. The Morgan fingerprint density at radius 2 is 1.00 bits per heavy atom. The fraction of sp³-hybridized carbons (Fsp3) is 0.0714. The van der Waals surface area contributed by atoms with E-state index in [9.17, 15) is 10.2 Å². The molecule has 0 atom stereocenters. The fourth-order valence-corrected chi connectivity index (χ4v) is 1.59. The molecule has 0 saturated heterocycles. The van der Waals surface area contributed by atoms with Crippen LogP contribution in [0.5, 0.6) is 11.5 Å². The molecule has 1 radical (unpaired) electrons. The zero-order chi connectivity index (χ0) is 11.5. The molecule has 3 heteroatoms. The van der Waals surface area contributed by atoms with Gasteiger partial charge in [0.1, 0.15) is 11.5 Å². The quantitative estimate of drug-likeness (QED) is 0.660. The minimum absolute atomic E-state index is 0. The van der Waals surface area contributed by atoms with E-state index in [1.807, 2.05) is 31.2 Å². The van der Waals surface area contributed by atoms with E-state index in [0.29, 0.717) is 0 Å². The van der Waals surface area contributed by atoms with E-state index in [0.717, 1.165) is 17.0 Å². The van der Waals surface area contributed by atoms with Crippen molar-refractivity contribution in [3.63, 3.8) is 0 Å². The summed E-state index contributed by atoms with van der Waals surface area (Å²) in [6.07, 6.45) is 0. The van der Waals surface area contributed by atoms with E-state index in [1.165, 1.54) is 0 Å². The second kappa shape index (κ2) is 5.74. The molecule has 0 fully saturated rings. The molecule has 0 aliphatic rings.